The Labute approximate surface area is 70.7 Å². The van der Waals surface area contributed by atoms with Crippen LogP contribution in [-0.2, 0) is 0 Å². The first-order chi connectivity index (χ1) is 5.16. The molecule has 0 saturated heterocycles. The molecule has 0 aromatic carbocycles. The molecule has 0 aromatic heterocycles. The van der Waals surface area contributed by atoms with E-state index in [-0.39, 0.29) is 0 Å². The summed E-state index contributed by atoms with van der Waals surface area (Å²) in [5.74, 6) is 0. The first-order valence-corrected chi connectivity index (χ1v) is 3.62. The number of likely N-dealkylation sites (N-methyl/N-ethyl adjacent to an activating group) is 1. The molecule has 0 amide bonds. The summed E-state index contributed by atoms with van der Waals surface area (Å²) in [6, 6.07) is 0. The third-order valence-electron chi connectivity index (χ3n) is 0.922. The van der Waals surface area contributed by atoms with Crippen molar-refractivity contribution in [1.82, 2.24) is 4.90 Å². The molecule has 0 heterocycles. The first kappa shape index (κ1) is 12.8. The maximum absolute atomic E-state index is 3.86. The molecule has 0 rings (SSSR count). The second-order valence-corrected chi connectivity index (χ2v) is 2.40. The van der Waals surface area contributed by atoms with E-state index in [2.05, 4.69) is 24.6 Å². The Morgan fingerprint density at radius 2 is 1.82 bits per heavy atom. The average Bonchev–Trinajstić information content (AvgIpc) is 1.91. The lowest BCUT2D eigenvalue weighted by Crippen LogP contribution is -2.13. The van der Waals surface area contributed by atoms with Gasteiger partial charge in [-0.2, -0.15) is 0 Å². The van der Waals surface area contributed by atoms with Crippen molar-refractivity contribution in [1.29, 1.82) is 0 Å². The normalized spacial score (nSPS) is 9.45. The van der Waals surface area contributed by atoms with E-state index < -0.39 is 0 Å². The third kappa shape index (κ3) is 12.4. The molecule has 11 heavy (non-hydrogen) atoms. The Morgan fingerprint density at radius 3 is 2.09 bits per heavy atom. The van der Waals surface area contributed by atoms with Crippen LogP contribution in [0.4, 0.5) is 0 Å². The molecule has 64 valence electrons. The molecule has 1 nitrogen and oxygen atoms in total. The molecule has 0 fully saturated rings. The monoisotopic (exact) mass is 153 g/mol. The van der Waals surface area contributed by atoms with Crippen LogP contribution in [0.25, 0.3) is 0 Å². The molecule has 0 radical (unpaired) electrons. The lowest BCUT2D eigenvalue weighted by atomic mass is 10.3. The molecular formula is C10H19N. The molecule has 0 bridgehead atoms. The van der Waals surface area contributed by atoms with Crippen LogP contribution >= 0.6 is 0 Å². The van der Waals surface area contributed by atoms with Crippen molar-refractivity contribution in [3.05, 3.63) is 37.5 Å². The molecular weight excluding hydrogens is 134 g/mol. The highest BCUT2D eigenvalue weighted by Gasteiger charge is 1.88. The minimum absolute atomic E-state index is 0.949. The van der Waals surface area contributed by atoms with Gasteiger partial charge in [-0.1, -0.05) is 18.7 Å². The summed E-state index contributed by atoms with van der Waals surface area (Å²) in [5, 5.41) is 0. The van der Waals surface area contributed by atoms with Gasteiger partial charge in [-0.25, -0.2) is 0 Å². The van der Waals surface area contributed by atoms with Crippen molar-refractivity contribution in [2.24, 2.45) is 0 Å². The van der Waals surface area contributed by atoms with Crippen LogP contribution in [0.2, 0.25) is 0 Å². The molecule has 0 N–H and O–H groups in total. The highest BCUT2D eigenvalue weighted by molar-refractivity contribution is 5.14. The molecule has 1 heteroatoms. The summed E-state index contributed by atoms with van der Waals surface area (Å²) in [4.78, 5) is 2.10. The summed E-state index contributed by atoms with van der Waals surface area (Å²) in [7, 11) is 4.07. The van der Waals surface area contributed by atoms with Crippen LogP contribution in [-0.4, -0.2) is 25.5 Å². The Bertz CT molecular complexity index is 123. The SMILES string of the molecule is C=C.C=C(/C=C\C)CN(C)C. The molecule has 0 unspecified atom stereocenters. The van der Waals surface area contributed by atoms with Gasteiger partial charge in [0, 0.05) is 6.54 Å². The fourth-order valence-corrected chi connectivity index (χ4v) is 0.695. The van der Waals surface area contributed by atoms with Gasteiger partial charge in [0.15, 0.2) is 0 Å². The van der Waals surface area contributed by atoms with Gasteiger partial charge in [-0.05, 0) is 26.6 Å². The summed E-state index contributed by atoms with van der Waals surface area (Å²) in [6.45, 7) is 12.8. The maximum Gasteiger partial charge on any atom is 0.0221 e. The number of rotatable bonds is 3. The van der Waals surface area contributed by atoms with E-state index in [1.807, 2.05) is 33.2 Å². The highest BCUT2D eigenvalue weighted by Crippen LogP contribution is 1.92. The second kappa shape index (κ2) is 9.18. The summed E-state index contributed by atoms with van der Waals surface area (Å²) in [6.07, 6.45) is 4.03. The standard InChI is InChI=1S/C8H15N.C2H4/c1-5-6-8(2)7-9(3)4;1-2/h5-6H,2,7H2,1,3-4H3;1-2H2/b6-5-;. The molecule has 0 aliphatic rings. The fraction of sp³-hybridized carbons (Fsp3) is 0.400. The third-order valence-corrected chi connectivity index (χ3v) is 0.922. The molecule has 0 saturated carbocycles. The van der Waals surface area contributed by atoms with Crippen molar-refractivity contribution in [3.63, 3.8) is 0 Å². The minimum Gasteiger partial charge on any atom is -0.305 e. The second-order valence-electron chi connectivity index (χ2n) is 2.40. The number of hydrogen-bond donors (Lipinski definition) is 0. The van der Waals surface area contributed by atoms with E-state index >= 15 is 0 Å². The first-order valence-electron chi connectivity index (χ1n) is 3.62. The molecule has 0 spiro atoms. The minimum atomic E-state index is 0.949. The van der Waals surface area contributed by atoms with E-state index in [9.17, 15) is 0 Å². The number of nitrogens with zero attached hydrogens (tertiary/aromatic N) is 1. The number of hydrogen-bond acceptors (Lipinski definition) is 1. The zero-order valence-electron chi connectivity index (χ0n) is 7.93. The topological polar surface area (TPSA) is 3.24 Å². The van der Waals surface area contributed by atoms with E-state index in [0.29, 0.717) is 0 Å². The Balaban J connectivity index is 0. The van der Waals surface area contributed by atoms with E-state index in [0.717, 1.165) is 12.1 Å². The molecule has 0 aliphatic heterocycles. The van der Waals surface area contributed by atoms with Crippen LogP contribution in [0.5, 0.6) is 0 Å². The maximum atomic E-state index is 3.86. The fourth-order valence-electron chi connectivity index (χ4n) is 0.695. The summed E-state index contributed by atoms with van der Waals surface area (Å²) in [5.41, 5.74) is 1.16. The van der Waals surface area contributed by atoms with Gasteiger partial charge in [-0.15, -0.1) is 13.2 Å². The Hall–Kier alpha value is -0.820. The van der Waals surface area contributed by atoms with Crippen LogP contribution in [0.15, 0.2) is 37.5 Å². The van der Waals surface area contributed by atoms with Gasteiger partial charge in [0.2, 0.25) is 0 Å². The lowest BCUT2D eigenvalue weighted by molar-refractivity contribution is 0.449. The quantitative estimate of drug-likeness (QED) is 0.445. The predicted octanol–water partition coefficient (Wildman–Crippen LogP) is 2.48. The summed E-state index contributed by atoms with van der Waals surface area (Å²) >= 11 is 0. The van der Waals surface area contributed by atoms with E-state index in [4.69, 9.17) is 0 Å². The van der Waals surface area contributed by atoms with Crippen molar-refractivity contribution in [2.45, 2.75) is 6.92 Å². The van der Waals surface area contributed by atoms with Crippen molar-refractivity contribution >= 4 is 0 Å². The van der Waals surface area contributed by atoms with Gasteiger partial charge < -0.3 is 4.90 Å². The van der Waals surface area contributed by atoms with Crippen LogP contribution in [0, 0.1) is 0 Å². The zero-order valence-corrected chi connectivity index (χ0v) is 7.93. The smallest absolute Gasteiger partial charge is 0.0221 e. The van der Waals surface area contributed by atoms with Gasteiger partial charge in [0.05, 0.1) is 0 Å². The largest absolute Gasteiger partial charge is 0.305 e. The van der Waals surface area contributed by atoms with Gasteiger partial charge in [0.1, 0.15) is 0 Å². The van der Waals surface area contributed by atoms with Gasteiger partial charge in [-0.3, -0.25) is 0 Å². The van der Waals surface area contributed by atoms with Crippen molar-refractivity contribution in [2.75, 3.05) is 20.6 Å². The zero-order chi connectivity index (χ0) is 9.28. The molecule has 0 aromatic rings. The van der Waals surface area contributed by atoms with E-state index in [1.54, 1.807) is 0 Å². The lowest BCUT2D eigenvalue weighted by Gasteiger charge is -2.07. The van der Waals surface area contributed by atoms with Crippen molar-refractivity contribution < 1.29 is 0 Å². The Kier molecular flexibility index (Phi) is 10.7. The highest BCUT2D eigenvalue weighted by atomic mass is 15.0. The van der Waals surface area contributed by atoms with Crippen LogP contribution in [0.3, 0.4) is 0 Å². The average molecular weight is 153 g/mol. The Morgan fingerprint density at radius 1 is 1.36 bits per heavy atom. The number of allylic oxidation sites excluding steroid dienone is 1. The molecule has 0 aliphatic carbocycles. The van der Waals surface area contributed by atoms with E-state index in [1.165, 1.54) is 0 Å². The van der Waals surface area contributed by atoms with Crippen molar-refractivity contribution in [3.8, 4) is 0 Å². The van der Waals surface area contributed by atoms with Gasteiger partial charge in [0.25, 0.3) is 0 Å². The van der Waals surface area contributed by atoms with Gasteiger partial charge >= 0.3 is 0 Å². The summed E-state index contributed by atoms with van der Waals surface area (Å²) < 4.78 is 0. The predicted molar refractivity (Wildman–Crippen MR) is 53.8 cm³/mol. The molecule has 0 atom stereocenters. The van der Waals surface area contributed by atoms with Crippen LogP contribution < -0.4 is 0 Å². The van der Waals surface area contributed by atoms with Crippen LogP contribution in [0.1, 0.15) is 6.92 Å².